The molecule has 1 aromatic heterocycles. The van der Waals surface area contributed by atoms with Crippen LogP contribution in [0.15, 0.2) is 64.3 Å². The van der Waals surface area contributed by atoms with Crippen LogP contribution in [0.3, 0.4) is 0 Å². The maximum absolute atomic E-state index is 13.1. The Morgan fingerprint density at radius 1 is 1.19 bits per heavy atom. The van der Waals surface area contributed by atoms with Crippen molar-refractivity contribution in [3.63, 3.8) is 0 Å². The SMILES string of the molecule is CCN(CC)C(CNC(=O)c1ccccc1SCc1cscn1)c1cccc(OC)c1. The summed E-state index contributed by atoms with van der Waals surface area (Å²) in [7, 11) is 1.67. The zero-order valence-corrected chi connectivity index (χ0v) is 19.8. The predicted molar refractivity (Wildman–Crippen MR) is 129 cm³/mol. The van der Waals surface area contributed by atoms with Crippen molar-refractivity contribution in [2.24, 2.45) is 0 Å². The number of carbonyl (C=O) groups is 1. The van der Waals surface area contributed by atoms with Gasteiger partial charge < -0.3 is 10.1 Å². The van der Waals surface area contributed by atoms with Gasteiger partial charge in [-0.1, -0.05) is 38.1 Å². The fraction of sp³-hybridized carbons (Fsp3) is 0.333. The summed E-state index contributed by atoms with van der Waals surface area (Å²) in [5, 5.41) is 5.21. The van der Waals surface area contributed by atoms with E-state index in [4.69, 9.17) is 4.74 Å². The van der Waals surface area contributed by atoms with Crippen molar-refractivity contribution < 1.29 is 9.53 Å². The molecule has 1 heterocycles. The van der Waals surface area contributed by atoms with Crippen LogP contribution in [0.5, 0.6) is 5.75 Å². The van der Waals surface area contributed by atoms with E-state index in [-0.39, 0.29) is 11.9 Å². The van der Waals surface area contributed by atoms with Gasteiger partial charge in [-0.05, 0) is 42.9 Å². The average Bonchev–Trinajstić information content (AvgIpc) is 3.34. The van der Waals surface area contributed by atoms with Crippen molar-refractivity contribution in [1.29, 1.82) is 0 Å². The van der Waals surface area contributed by atoms with E-state index in [1.54, 1.807) is 30.2 Å². The third-order valence-electron chi connectivity index (χ3n) is 5.18. The van der Waals surface area contributed by atoms with E-state index in [0.29, 0.717) is 12.1 Å². The highest BCUT2D eigenvalue weighted by molar-refractivity contribution is 7.98. The molecule has 2 aromatic carbocycles. The van der Waals surface area contributed by atoms with E-state index in [9.17, 15) is 4.79 Å². The Kier molecular flexibility index (Phi) is 8.94. The summed E-state index contributed by atoms with van der Waals surface area (Å²) in [4.78, 5) is 20.7. The molecule has 1 N–H and O–H groups in total. The number of hydrogen-bond donors (Lipinski definition) is 1. The Bertz CT molecular complexity index is 959. The minimum absolute atomic E-state index is 0.0542. The molecule has 3 aromatic rings. The lowest BCUT2D eigenvalue weighted by molar-refractivity contribution is 0.0932. The first kappa shape index (κ1) is 23.3. The number of nitrogens with one attached hydrogen (secondary N) is 1. The maximum atomic E-state index is 13.1. The van der Waals surface area contributed by atoms with Gasteiger partial charge in [-0.3, -0.25) is 9.69 Å². The Morgan fingerprint density at radius 3 is 2.71 bits per heavy atom. The van der Waals surface area contributed by atoms with Crippen molar-refractivity contribution in [1.82, 2.24) is 15.2 Å². The van der Waals surface area contributed by atoms with Gasteiger partial charge in [0, 0.05) is 22.6 Å². The minimum atomic E-state index is -0.0542. The lowest BCUT2D eigenvalue weighted by Crippen LogP contribution is -2.38. The number of thiazole rings is 1. The van der Waals surface area contributed by atoms with Crippen LogP contribution in [0.2, 0.25) is 0 Å². The second kappa shape index (κ2) is 11.9. The molecule has 0 bridgehead atoms. The van der Waals surface area contributed by atoms with Gasteiger partial charge in [0.15, 0.2) is 0 Å². The minimum Gasteiger partial charge on any atom is -0.497 e. The molecule has 3 rings (SSSR count). The number of hydrogen-bond acceptors (Lipinski definition) is 6. The number of likely N-dealkylation sites (N-methyl/N-ethyl adjacent to an activating group) is 1. The average molecular weight is 456 g/mol. The van der Waals surface area contributed by atoms with Crippen LogP contribution in [0.1, 0.15) is 41.5 Å². The van der Waals surface area contributed by atoms with E-state index in [1.807, 2.05) is 53.4 Å². The standard InChI is InChI=1S/C24H29N3O2S2/c1-4-27(5-2)22(18-9-8-10-20(13-18)29-3)14-25-24(28)21-11-6-7-12-23(21)31-16-19-15-30-17-26-19/h6-13,15,17,22H,4-5,14,16H2,1-3H3,(H,25,28). The Labute approximate surface area is 192 Å². The fourth-order valence-electron chi connectivity index (χ4n) is 3.50. The fourth-order valence-corrected chi connectivity index (χ4v) is 5.11. The summed E-state index contributed by atoms with van der Waals surface area (Å²) in [6.07, 6.45) is 0. The molecule has 0 spiro atoms. The van der Waals surface area contributed by atoms with E-state index in [1.165, 1.54) is 0 Å². The molecular weight excluding hydrogens is 426 g/mol. The molecule has 0 radical (unpaired) electrons. The third kappa shape index (κ3) is 6.32. The third-order valence-corrected chi connectivity index (χ3v) is 6.92. The van der Waals surface area contributed by atoms with Crippen molar-refractivity contribution >= 4 is 29.0 Å². The number of methoxy groups -OCH3 is 1. The van der Waals surface area contributed by atoms with Gasteiger partial charge in [-0.15, -0.1) is 23.1 Å². The molecule has 0 saturated carbocycles. The van der Waals surface area contributed by atoms with Crippen molar-refractivity contribution in [2.75, 3.05) is 26.7 Å². The highest BCUT2D eigenvalue weighted by Gasteiger charge is 2.20. The Morgan fingerprint density at radius 2 is 2.00 bits per heavy atom. The largest absolute Gasteiger partial charge is 0.497 e. The molecule has 7 heteroatoms. The summed E-state index contributed by atoms with van der Waals surface area (Å²) in [5.41, 5.74) is 4.70. The Hall–Kier alpha value is -2.35. The second-order valence-electron chi connectivity index (χ2n) is 6.99. The molecule has 1 unspecified atom stereocenters. The first-order valence-corrected chi connectivity index (χ1v) is 12.3. The van der Waals surface area contributed by atoms with Crippen LogP contribution < -0.4 is 10.1 Å². The van der Waals surface area contributed by atoms with Gasteiger partial charge in [-0.2, -0.15) is 0 Å². The van der Waals surface area contributed by atoms with Gasteiger partial charge in [-0.25, -0.2) is 4.98 Å². The summed E-state index contributed by atoms with van der Waals surface area (Å²) in [6.45, 7) is 6.60. The van der Waals surface area contributed by atoms with Gasteiger partial charge in [0.05, 0.1) is 29.9 Å². The van der Waals surface area contributed by atoms with Crippen molar-refractivity contribution in [3.05, 3.63) is 76.2 Å². The van der Waals surface area contributed by atoms with Gasteiger partial charge in [0.25, 0.3) is 5.91 Å². The quantitative estimate of drug-likeness (QED) is 0.400. The summed E-state index contributed by atoms with van der Waals surface area (Å²) >= 11 is 3.23. The lowest BCUT2D eigenvalue weighted by Gasteiger charge is -2.30. The zero-order chi connectivity index (χ0) is 22.1. The molecule has 5 nitrogen and oxygen atoms in total. The predicted octanol–water partition coefficient (Wildman–Crippen LogP) is 5.26. The number of rotatable bonds is 11. The topological polar surface area (TPSA) is 54.5 Å². The van der Waals surface area contributed by atoms with Gasteiger partial charge >= 0.3 is 0 Å². The van der Waals surface area contributed by atoms with E-state index < -0.39 is 0 Å². The summed E-state index contributed by atoms with van der Waals surface area (Å²) < 4.78 is 5.41. The number of carbonyl (C=O) groups excluding carboxylic acids is 1. The van der Waals surface area contributed by atoms with Crippen LogP contribution in [0.4, 0.5) is 0 Å². The first-order valence-electron chi connectivity index (χ1n) is 10.4. The summed E-state index contributed by atoms with van der Waals surface area (Å²) in [5.74, 6) is 1.52. The maximum Gasteiger partial charge on any atom is 0.252 e. The van der Waals surface area contributed by atoms with Gasteiger partial charge in [0.2, 0.25) is 0 Å². The van der Waals surface area contributed by atoms with Crippen molar-refractivity contribution in [2.45, 2.75) is 30.5 Å². The second-order valence-corrected chi connectivity index (χ2v) is 8.72. The monoisotopic (exact) mass is 455 g/mol. The number of ether oxygens (including phenoxy) is 1. The molecule has 0 aliphatic heterocycles. The molecule has 0 saturated heterocycles. The highest BCUT2D eigenvalue weighted by atomic mass is 32.2. The van der Waals surface area contributed by atoms with E-state index in [2.05, 4.69) is 35.1 Å². The molecule has 1 atom stereocenters. The van der Waals surface area contributed by atoms with Crippen LogP contribution in [-0.4, -0.2) is 42.5 Å². The normalized spacial score (nSPS) is 12.0. The number of thioether (sulfide) groups is 1. The number of nitrogens with zero attached hydrogens (tertiary/aromatic N) is 2. The number of benzene rings is 2. The summed E-state index contributed by atoms with van der Waals surface area (Å²) in [6, 6.07) is 15.9. The molecule has 0 aliphatic rings. The number of aromatic nitrogens is 1. The van der Waals surface area contributed by atoms with Crippen LogP contribution >= 0.6 is 23.1 Å². The zero-order valence-electron chi connectivity index (χ0n) is 18.2. The lowest BCUT2D eigenvalue weighted by atomic mass is 10.0. The van der Waals surface area contributed by atoms with Crippen LogP contribution in [-0.2, 0) is 5.75 Å². The molecule has 0 aliphatic carbocycles. The Balaban J connectivity index is 1.73. The van der Waals surface area contributed by atoms with Crippen molar-refractivity contribution in [3.8, 4) is 5.75 Å². The number of amides is 1. The van der Waals surface area contributed by atoms with Crippen LogP contribution in [0, 0.1) is 0 Å². The molecule has 1 amide bonds. The first-order chi connectivity index (χ1) is 15.2. The molecular formula is C24H29N3O2S2. The molecule has 31 heavy (non-hydrogen) atoms. The van der Waals surface area contributed by atoms with Gasteiger partial charge in [0.1, 0.15) is 5.75 Å². The molecule has 164 valence electrons. The van der Waals surface area contributed by atoms with E-state index >= 15 is 0 Å². The van der Waals surface area contributed by atoms with Crippen LogP contribution in [0.25, 0.3) is 0 Å². The molecule has 0 fully saturated rings. The highest BCUT2D eigenvalue weighted by Crippen LogP contribution is 2.27. The van der Waals surface area contributed by atoms with E-state index in [0.717, 1.165) is 40.7 Å². The smallest absolute Gasteiger partial charge is 0.252 e.